The van der Waals surface area contributed by atoms with Gasteiger partial charge in [-0.15, -0.1) is 0 Å². The highest BCUT2D eigenvalue weighted by Crippen LogP contribution is 2.64. The van der Waals surface area contributed by atoms with Gasteiger partial charge in [0.15, 0.2) is 11.6 Å². The van der Waals surface area contributed by atoms with Gasteiger partial charge >= 0.3 is 0 Å². The Balaban J connectivity index is 1.10. The number of para-hydroxylation sites is 3. The molecule has 11 aromatic rings. The van der Waals surface area contributed by atoms with Gasteiger partial charge in [0.1, 0.15) is 0 Å². The van der Waals surface area contributed by atoms with Crippen LogP contribution in [0.2, 0.25) is 0 Å². The normalized spacial score (nSPS) is 15.9. The van der Waals surface area contributed by atoms with E-state index in [9.17, 15) is 0 Å². The Kier molecular flexibility index (Phi) is 7.32. The van der Waals surface area contributed by atoms with Gasteiger partial charge in [-0.2, -0.15) is 9.97 Å². The molecule has 3 aromatic heterocycles. The highest BCUT2D eigenvalue weighted by atomic mass is 15.2. The Morgan fingerprint density at radius 1 is 0.422 bits per heavy atom. The molecule has 3 aliphatic carbocycles. The van der Waals surface area contributed by atoms with Crippen molar-refractivity contribution < 1.29 is 0 Å². The third-order valence-corrected chi connectivity index (χ3v) is 13.9. The van der Waals surface area contributed by atoms with E-state index in [1.807, 2.05) is 6.07 Å². The summed E-state index contributed by atoms with van der Waals surface area (Å²) in [6, 6.07) is 67.7. The molecule has 5 heteroatoms. The van der Waals surface area contributed by atoms with Crippen molar-refractivity contribution in [3.05, 3.63) is 240 Å². The van der Waals surface area contributed by atoms with Crippen LogP contribution in [-0.4, -0.2) is 24.1 Å². The number of fused-ring (bicyclic) bond motifs is 16. The smallest absolute Gasteiger partial charge is 0.238 e. The molecule has 5 nitrogen and oxygen atoms in total. The molecular formula is C59H37N5. The first-order valence-corrected chi connectivity index (χ1v) is 22.0. The highest BCUT2D eigenvalue weighted by Gasteiger charge is 2.52. The molecule has 0 fully saturated rings. The van der Waals surface area contributed by atoms with Gasteiger partial charge in [0, 0.05) is 38.4 Å². The van der Waals surface area contributed by atoms with E-state index in [2.05, 4.69) is 215 Å². The van der Waals surface area contributed by atoms with Gasteiger partial charge in [-0.25, -0.2) is 4.98 Å². The van der Waals surface area contributed by atoms with E-state index in [1.165, 1.54) is 55.3 Å². The van der Waals surface area contributed by atoms with Gasteiger partial charge in [-0.1, -0.05) is 188 Å². The summed E-state index contributed by atoms with van der Waals surface area (Å²) in [5.41, 5.74) is 17.2. The second kappa shape index (κ2) is 13.3. The lowest BCUT2D eigenvalue weighted by Crippen LogP contribution is -2.27. The van der Waals surface area contributed by atoms with Crippen molar-refractivity contribution in [3.8, 4) is 45.5 Å². The first kappa shape index (κ1) is 35.2. The van der Waals surface area contributed by atoms with Crippen molar-refractivity contribution in [1.82, 2.24) is 24.1 Å². The maximum absolute atomic E-state index is 5.64. The van der Waals surface area contributed by atoms with Crippen LogP contribution in [0.25, 0.3) is 94.7 Å². The lowest BCUT2D eigenvalue weighted by Gasteiger charge is -2.32. The molecule has 0 aliphatic heterocycles. The number of rotatable bonds is 4. The predicted molar refractivity (Wildman–Crippen MR) is 261 cm³/mol. The largest absolute Gasteiger partial charge is 0.307 e. The second-order valence-corrected chi connectivity index (χ2v) is 17.0. The minimum absolute atomic E-state index is 0.464. The molecule has 1 spiro atoms. The average Bonchev–Trinajstić information content (AvgIpc) is 4.00. The molecule has 3 heterocycles. The zero-order valence-corrected chi connectivity index (χ0v) is 34.7. The van der Waals surface area contributed by atoms with E-state index in [4.69, 9.17) is 15.0 Å². The van der Waals surface area contributed by atoms with Gasteiger partial charge < -0.3 is 4.57 Å². The fourth-order valence-corrected chi connectivity index (χ4v) is 11.4. The van der Waals surface area contributed by atoms with Crippen molar-refractivity contribution >= 4 is 49.2 Å². The zero-order valence-electron chi connectivity index (χ0n) is 34.7. The molecule has 0 bridgehead atoms. The van der Waals surface area contributed by atoms with Crippen molar-refractivity contribution in [1.29, 1.82) is 0 Å². The Labute approximate surface area is 369 Å². The van der Waals surface area contributed by atoms with Crippen molar-refractivity contribution in [3.63, 3.8) is 0 Å². The van der Waals surface area contributed by atoms with Gasteiger partial charge in [0.2, 0.25) is 5.95 Å². The Hall–Kier alpha value is -8.41. The van der Waals surface area contributed by atoms with Gasteiger partial charge in [-0.05, 0) is 75.2 Å². The molecule has 3 aliphatic rings. The topological polar surface area (TPSA) is 48.5 Å². The van der Waals surface area contributed by atoms with E-state index < -0.39 is 5.41 Å². The van der Waals surface area contributed by atoms with E-state index in [0.29, 0.717) is 17.6 Å². The fourth-order valence-electron chi connectivity index (χ4n) is 11.4. The molecule has 0 saturated heterocycles. The summed E-state index contributed by atoms with van der Waals surface area (Å²) < 4.78 is 4.69. The summed E-state index contributed by atoms with van der Waals surface area (Å²) in [7, 11) is 0. The number of nitrogens with zero attached hydrogens (tertiary/aromatic N) is 5. The van der Waals surface area contributed by atoms with Crippen LogP contribution in [-0.2, 0) is 5.41 Å². The Bertz CT molecular complexity index is 3870. The molecule has 0 saturated carbocycles. The number of hydrogen-bond acceptors (Lipinski definition) is 3. The van der Waals surface area contributed by atoms with Crippen LogP contribution in [0.1, 0.15) is 28.7 Å². The lowest BCUT2D eigenvalue weighted by molar-refractivity contribution is 0.747. The number of hydrogen-bond donors (Lipinski definition) is 0. The van der Waals surface area contributed by atoms with Gasteiger partial charge in [0.05, 0.1) is 27.5 Å². The van der Waals surface area contributed by atoms with Crippen LogP contribution in [0.5, 0.6) is 0 Å². The summed E-state index contributed by atoms with van der Waals surface area (Å²) in [5.74, 6) is 1.83. The highest BCUT2D eigenvalue weighted by molar-refractivity contribution is 6.23. The van der Waals surface area contributed by atoms with Crippen molar-refractivity contribution in [2.75, 3.05) is 0 Å². The maximum Gasteiger partial charge on any atom is 0.238 e. The van der Waals surface area contributed by atoms with E-state index in [-0.39, 0.29) is 0 Å². The maximum atomic E-state index is 5.64. The SMILES string of the molecule is C1=CCC2=C(C=C1)c1ccccc1C21c2ccccc2-c2c(-c3nc(-c4ccccc4)nc(-n4c5ccccc5c5ccc6c7ccccc7n(-c7ccccc7)c6c54)n3)cccc21. The number of aromatic nitrogens is 5. The lowest BCUT2D eigenvalue weighted by atomic mass is 9.68. The molecule has 8 aromatic carbocycles. The number of allylic oxidation sites excluding steroid dienone is 6. The Morgan fingerprint density at radius 2 is 1.00 bits per heavy atom. The van der Waals surface area contributed by atoms with E-state index in [1.54, 1.807) is 0 Å². The minimum atomic E-state index is -0.464. The van der Waals surface area contributed by atoms with Crippen molar-refractivity contribution in [2.24, 2.45) is 0 Å². The molecular weight excluding hydrogens is 779 g/mol. The van der Waals surface area contributed by atoms with E-state index in [0.717, 1.165) is 56.1 Å². The molecule has 0 N–H and O–H groups in total. The molecule has 1 atom stereocenters. The monoisotopic (exact) mass is 815 g/mol. The number of benzene rings is 8. The first-order chi connectivity index (χ1) is 31.8. The fraction of sp³-hybridized carbons (Fsp3) is 0.0339. The summed E-state index contributed by atoms with van der Waals surface area (Å²) >= 11 is 0. The zero-order chi connectivity index (χ0) is 41.9. The standard InChI is InChI=1S/C59H37N5/c1-4-19-37(20-5-1)56-60-57(46-28-18-32-50-53(46)45-27-11-15-31-49(45)59(50)47-29-9-3-8-23-39(47)40-24-10-14-30-48(40)59)62-58(61-56)64-52-34-17-13-26-42(52)44-36-35-43-41-25-12-16-33-51(41)63(54(43)55(44)64)38-21-6-2-7-22-38/h1-28,30-36H,29H2. The molecule has 1 unspecified atom stereocenters. The second-order valence-electron chi connectivity index (χ2n) is 17.0. The van der Waals surface area contributed by atoms with Crippen LogP contribution < -0.4 is 0 Å². The van der Waals surface area contributed by atoms with Crippen LogP contribution in [0.4, 0.5) is 0 Å². The summed E-state index contributed by atoms with van der Waals surface area (Å²) in [4.78, 5) is 16.5. The van der Waals surface area contributed by atoms with Gasteiger partial charge in [-0.3, -0.25) is 4.57 Å². The average molecular weight is 816 g/mol. The third kappa shape index (κ3) is 4.65. The minimum Gasteiger partial charge on any atom is -0.307 e. The molecule has 0 radical (unpaired) electrons. The van der Waals surface area contributed by atoms with Gasteiger partial charge in [0.25, 0.3) is 0 Å². The predicted octanol–water partition coefficient (Wildman–Crippen LogP) is 14.0. The van der Waals surface area contributed by atoms with Crippen LogP contribution in [0.3, 0.4) is 0 Å². The Morgan fingerprint density at radius 3 is 1.77 bits per heavy atom. The van der Waals surface area contributed by atoms with Crippen molar-refractivity contribution in [2.45, 2.75) is 11.8 Å². The third-order valence-electron chi connectivity index (χ3n) is 13.9. The van der Waals surface area contributed by atoms with Crippen LogP contribution >= 0.6 is 0 Å². The quantitative estimate of drug-likeness (QED) is 0.178. The molecule has 64 heavy (non-hydrogen) atoms. The molecule has 14 rings (SSSR count). The summed E-state index contributed by atoms with van der Waals surface area (Å²) in [6.07, 6.45) is 9.84. The molecule has 298 valence electrons. The van der Waals surface area contributed by atoms with Crippen LogP contribution in [0, 0.1) is 0 Å². The molecule has 0 amide bonds. The summed E-state index contributed by atoms with van der Waals surface area (Å²) in [6.45, 7) is 0. The van der Waals surface area contributed by atoms with Crippen LogP contribution in [0.15, 0.2) is 218 Å². The first-order valence-electron chi connectivity index (χ1n) is 22.0. The summed E-state index contributed by atoms with van der Waals surface area (Å²) in [5, 5.41) is 4.64. The van der Waals surface area contributed by atoms with E-state index >= 15 is 0 Å².